The van der Waals surface area contributed by atoms with Gasteiger partial charge >= 0.3 is 12.1 Å². The number of hydrogen-bond donors (Lipinski definition) is 0. The standard InChI is InChI=1S/C26H18F5NO2/c1-34-24(33)17-13-8-14-18-19(17)20-22(25(20,26(29,30)31)16-11-6-3-7-12-16)32(18)21(23(27)28)15-9-4-2-5-10-15/h2-14,20,22H,1H3/t20-,22+,25+/m0/s1. The molecule has 0 amide bonds. The van der Waals surface area contributed by atoms with Crippen LogP contribution in [0.4, 0.5) is 27.6 Å². The van der Waals surface area contributed by atoms with E-state index in [2.05, 4.69) is 0 Å². The summed E-state index contributed by atoms with van der Waals surface area (Å²) in [6.07, 6.45) is -6.89. The maximum Gasteiger partial charge on any atom is 0.401 e. The molecule has 0 bridgehead atoms. The molecule has 1 saturated carbocycles. The van der Waals surface area contributed by atoms with Gasteiger partial charge in [0, 0.05) is 17.2 Å². The molecule has 0 spiro atoms. The highest BCUT2D eigenvalue weighted by Crippen LogP contribution is 2.76. The summed E-state index contributed by atoms with van der Waals surface area (Å²) in [6, 6.07) is 17.7. The normalized spacial score (nSPS) is 22.6. The first-order chi connectivity index (χ1) is 16.2. The molecule has 8 heteroatoms. The average Bonchev–Trinajstić information content (AvgIpc) is 3.42. The summed E-state index contributed by atoms with van der Waals surface area (Å²) in [5.74, 6) is -2.09. The number of benzene rings is 3. The number of hydrogen-bond acceptors (Lipinski definition) is 3. The Kier molecular flexibility index (Phi) is 5.00. The highest BCUT2D eigenvalue weighted by molar-refractivity contribution is 5.98. The quantitative estimate of drug-likeness (QED) is 0.320. The second-order valence-corrected chi connectivity index (χ2v) is 8.23. The van der Waals surface area contributed by atoms with Gasteiger partial charge in [0.05, 0.1) is 18.7 Å². The second-order valence-electron chi connectivity index (χ2n) is 8.23. The lowest BCUT2D eigenvalue weighted by molar-refractivity contribution is -0.163. The topological polar surface area (TPSA) is 29.5 Å². The number of rotatable bonds is 4. The molecule has 3 aromatic carbocycles. The van der Waals surface area contributed by atoms with Gasteiger partial charge in [-0.15, -0.1) is 0 Å². The van der Waals surface area contributed by atoms with Gasteiger partial charge in [0.2, 0.25) is 0 Å². The molecule has 2 aliphatic rings. The molecule has 0 aromatic heterocycles. The van der Waals surface area contributed by atoms with Crippen LogP contribution in [0.2, 0.25) is 0 Å². The fourth-order valence-electron chi connectivity index (χ4n) is 5.40. The number of carbonyl (C=O) groups is 1. The summed E-state index contributed by atoms with van der Waals surface area (Å²) in [7, 11) is 1.13. The van der Waals surface area contributed by atoms with E-state index in [-0.39, 0.29) is 27.9 Å². The molecule has 1 aliphatic carbocycles. The van der Waals surface area contributed by atoms with E-state index >= 15 is 0 Å². The van der Waals surface area contributed by atoms with E-state index in [9.17, 15) is 26.7 Å². The number of halogens is 5. The zero-order chi connectivity index (χ0) is 24.3. The van der Waals surface area contributed by atoms with Gasteiger partial charge in [0.25, 0.3) is 6.08 Å². The summed E-state index contributed by atoms with van der Waals surface area (Å²) in [6.45, 7) is 0. The summed E-state index contributed by atoms with van der Waals surface area (Å²) in [5, 5.41) is 0. The number of esters is 1. The molecule has 5 rings (SSSR count). The number of ether oxygens (including phenoxy) is 1. The number of methoxy groups -OCH3 is 1. The first-order valence-corrected chi connectivity index (χ1v) is 10.5. The number of nitrogens with zero attached hydrogens (tertiary/aromatic N) is 1. The van der Waals surface area contributed by atoms with Crippen LogP contribution in [0.3, 0.4) is 0 Å². The molecular formula is C26H18F5NO2. The monoisotopic (exact) mass is 471 g/mol. The lowest BCUT2D eigenvalue weighted by Crippen LogP contribution is -2.40. The molecule has 3 atom stereocenters. The first-order valence-electron chi connectivity index (χ1n) is 10.5. The minimum atomic E-state index is -4.78. The van der Waals surface area contributed by atoms with Gasteiger partial charge in [-0.1, -0.05) is 66.7 Å². The van der Waals surface area contributed by atoms with Crippen LogP contribution in [-0.4, -0.2) is 25.3 Å². The maximum absolute atomic E-state index is 14.9. The molecule has 0 N–H and O–H groups in total. The van der Waals surface area contributed by atoms with E-state index in [1.54, 1.807) is 24.3 Å². The molecule has 0 radical (unpaired) electrons. The van der Waals surface area contributed by atoms with E-state index in [0.29, 0.717) is 0 Å². The largest absolute Gasteiger partial charge is 0.465 e. The van der Waals surface area contributed by atoms with E-state index in [4.69, 9.17) is 4.74 Å². The van der Waals surface area contributed by atoms with Crippen LogP contribution in [0.1, 0.15) is 33.0 Å². The first kappa shape index (κ1) is 22.1. The zero-order valence-electron chi connectivity index (χ0n) is 17.8. The van der Waals surface area contributed by atoms with Crippen molar-refractivity contribution in [2.45, 2.75) is 23.6 Å². The number of anilines is 1. The molecule has 1 heterocycles. The third kappa shape index (κ3) is 2.90. The minimum Gasteiger partial charge on any atom is -0.465 e. The Balaban J connectivity index is 1.83. The lowest BCUT2D eigenvalue weighted by Gasteiger charge is -2.33. The molecule has 3 nitrogen and oxygen atoms in total. The fraction of sp³-hybridized carbons (Fsp3) is 0.192. The predicted molar refractivity (Wildman–Crippen MR) is 117 cm³/mol. The Morgan fingerprint density at radius 1 is 0.912 bits per heavy atom. The van der Waals surface area contributed by atoms with Gasteiger partial charge in [0.15, 0.2) is 0 Å². The Morgan fingerprint density at radius 2 is 1.53 bits per heavy atom. The van der Waals surface area contributed by atoms with E-state index in [1.807, 2.05) is 0 Å². The zero-order valence-corrected chi connectivity index (χ0v) is 17.8. The SMILES string of the molecule is COC(=O)c1cccc2c1[C@H]1[C@@H](N2C(=C(F)F)c2ccccc2)[C@]1(c1ccccc1)C(F)(F)F. The van der Waals surface area contributed by atoms with Crippen molar-refractivity contribution in [3.05, 3.63) is 107 Å². The smallest absolute Gasteiger partial charge is 0.401 e. The van der Waals surface area contributed by atoms with Crippen LogP contribution in [-0.2, 0) is 10.2 Å². The van der Waals surface area contributed by atoms with Crippen molar-refractivity contribution >= 4 is 17.4 Å². The van der Waals surface area contributed by atoms with E-state index in [1.165, 1.54) is 54.6 Å². The van der Waals surface area contributed by atoms with Crippen molar-refractivity contribution < 1.29 is 31.5 Å². The van der Waals surface area contributed by atoms with Gasteiger partial charge in [-0.3, -0.25) is 0 Å². The van der Waals surface area contributed by atoms with Gasteiger partial charge in [-0.25, -0.2) is 4.79 Å². The van der Waals surface area contributed by atoms with Crippen LogP contribution in [0.5, 0.6) is 0 Å². The van der Waals surface area contributed by atoms with Crippen molar-refractivity contribution in [2.75, 3.05) is 12.0 Å². The van der Waals surface area contributed by atoms with Crippen LogP contribution < -0.4 is 4.90 Å². The Hall–Kier alpha value is -3.68. The van der Waals surface area contributed by atoms with Crippen molar-refractivity contribution in [1.82, 2.24) is 0 Å². The van der Waals surface area contributed by atoms with Gasteiger partial charge in [-0.05, 0) is 23.3 Å². The third-order valence-corrected chi connectivity index (χ3v) is 6.69. The summed E-state index contributed by atoms with van der Waals surface area (Å²) in [4.78, 5) is 13.6. The van der Waals surface area contributed by atoms with Crippen molar-refractivity contribution in [3.8, 4) is 0 Å². The van der Waals surface area contributed by atoms with Crippen LogP contribution in [0.15, 0.2) is 84.9 Å². The highest BCUT2D eigenvalue weighted by Gasteiger charge is 2.84. The molecule has 34 heavy (non-hydrogen) atoms. The highest BCUT2D eigenvalue weighted by atomic mass is 19.4. The minimum absolute atomic E-state index is 0.0421. The van der Waals surface area contributed by atoms with Crippen LogP contribution >= 0.6 is 0 Å². The maximum atomic E-state index is 14.9. The van der Waals surface area contributed by atoms with Crippen molar-refractivity contribution in [1.29, 1.82) is 0 Å². The van der Waals surface area contributed by atoms with E-state index < -0.39 is 41.3 Å². The van der Waals surface area contributed by atoms with Crippen LogP contribution in [0.25, 0.3) is 5.70 Å². The molecular weight excluding hydrogens is 453 g/mol. The Morgan fingerprint density at radius 3 is 2.09 bits per heavy atom. The molecule has 0 saturated heterocycles. The summed E-state index contributed by atoms with van der Waals surface area (Å²) in [5.41, 5.74) is -2.91. The van der Waals surface area contributed by atoms with Crippen molar-refractivity contribution in [2.24, 2.45) is 0 Å². The molecule has 1 fully saturated rings. The molecule has 1 aliphatic heterocycles. The van der Waals surface area contributed by atoms with Gasteiger partial charge < -0.3 is 9.64 Å². The van der Waals surface area contributed by atoms with Crippen molar-refractivity contribution in [3.63, 3.8) is 0 Å². The average molecular weight is 471 g/mol. The number of alkyl halides is 3. The second kappa shape index (κ2) is 7.68. The Bertz CT molecular complexity index is 1290. The Labute approximate surface area is 192 Å². The fourth-order valence-corrected chi connectivity index (χ4v) is 5.40. The van der Waals surface area contributed by atoms with Gasteiger partial charge in [0.1, 0.15) is 11.1 Å². The lowest BCUT2D eigenvalue weighted by atomic mass is 9.86. The number of fused-ring (bicyclic) bond motifs is 3. The molecule has 0 unspecified atom stereocenters. The third-order valence-electron chi connectivity index (χ3n) is 6.69. The summed E-state index contributed by atoms with van der Waals surface area (Å²) >= 11 is 0. The van der Waals surface area contributed by atoms with Crippen LogP contribution in [0, 0.1) is 0 Å². The molecule has 174 valence electrons. The number of carbonyl (C=O) groups excluding carboxylic acids is 1. The predicted octanol–water partition coefficient (Wildman–Crippen LogP) is 6.52. The summed E-state index contributed by atoms with van der Waals surface area (Å²) < 4.78 is 78.5. The molecule has 3 aromatic rings. The van der Waals surface area contributed by atoms with Gasteiger partial charge in [-0.2, -0.15) is 22.0 Å². The van der Waals surface area contributed by atoms with E-state index in [0.717, 1.165) is 12.0 Å².